The summed E-state index contributed by atoms with van der Waals surface area (Å²) in [6.07, 6.45) is 6.30. The lowest BCUT2D eigenvalue weighted by Gasteiger charge is -2.16. The Labute approximate surface area is 162 Å². The van der Waals surface area contributed by atoms with E-state index < -0.39 is 0 Å². The van der Waals surface area contributed by atoms with Crippen LogP contribution in [0.1, 0.15) is 34.3 Å². The summed E-state index contributed by atoms with van der Waals surface area (Å²) in [6, 6.07) is 13.8. The minimum atomic E-state index is 0.114. The van der Waals surface area contributed by atoms with Gasteiger partial charge in [-0.2, -0.15) is 0 Å². The minimum Gasteiger partial charge on any atom is -0.495 e. The first kappa shape index (κ1) is 17.8. The number of fused-ring (bicyclic) bond motifs is 1. The van der Waals surface area contributed by atoms with Gasteiger partial charge in [-0.15, -0.1) is 10.2 Å². The largest absolute Gasteiger partial charge is 0.495 e. The molecule has 0 atom stereocenters. The molecule has 0 radical (unpaired) electrons. The Morgan fingerprint density at radius 3 is 2.81 bits per heavy atom. The summed E-state index contributed by atoms with van der Waals surface area (Å²) < 4.78 is 7.27. The Bertz CT molecular complexity index is 968. The summed E-state index contributed by atoms with van der Waals surface area (Å²) in [6.45, 7) is 0. The van der Waals surface area contributed by atoms with Gasteiger partial charge in [0.25, 0.3) is 0 Å². The van der Waals surface area contributed by atoms with E-state index in [2.05, 4.69) is 22.3 Å². The van der Waals surface area contributed by atoms with E-state index in [0.717, 1.165) is 29.8 Å². The van der Waals surface area contributed by atoms with Crippen LogP contribution >= 0.6 is 11.8 Å². The number of methoxy groups -OCH3 is 1. The third kappa shape index (κ3) is 3.76. The van der Waals surface area contributed by atoms with Crippen molar-refractivity contribution in [1.82, 2.24) is 14.8 Å². The van der Waals surface area contributed by atoms with Gasteiger partial charge in [-0.1, -0.05) is 36.0 Å². The molecule has 0 unspecified atom stereocenters. The van der Waals surface area contributed by atoms with Gasteiger partial charge in [0.15, 0.2) is 10.9 Å². The second-order valence-corrected chi connectivity index (χ2v) is 7.50. The smallest absolute Gasteiger partial charge is 0.196 e. The Morgan fingerprint density at radius 2 is 1.96 bits per heavy atom. The van der Waals surface area contributed by atoms with Crippen LogP contribution in [0.25, 0.3) is 5.69 Å². The maximum absolute atomic E-state index is 12.7. The average Bonchev–Trinajstić information content (AvgIpc) is 3.20. The molecule has 0 amide bonds. The van der Waals surface area contributed by atoms with E-state index in [1.54, 1.807) is 13.4 Å². The minimum absolute atomic E-state index is 0.114. The van der Waals surface area contributed by atoms with Crippen LogP contribution in [0.15, 0.2) is 53.9 Å². The van der Waals surface area contributed by atoms with Crippen molar-refractivity contribution in [3.63, 3.8) is 0 Å². The molecule has 2 aromatic carbocycles. The van der Waals surface area contributed by atoms with Crippen molar-refractivity contribution in [2.75, 3.05) is 12.9 Å². The Kier molecular flexibility index (Phi) is 5.25. The molecule has 1 heterocycles. The molecule has 1 aliphatic carbocycles. The van der Waals surface area contributed by atoms with Crippen LogP contribution in [0.5, 0.6) is 5.75 Å². The summed E-state index contributed by atoms with van der Waals surface area (Å²) >= 11 is 1.39. The lowest BCUT2D eigenvalue weighted by molar-refractivity contribution is 0.102. The van der Waals surface area contributed by atoms with Crippen LogP contribution < -0.4 is 4.74 Å². The van der Waals surface area contributed by atoms with Crippen molar-refractivity contribution >= 4 is 17.5 Å². The number of thioether (sulfide) groups is 1. The fraction of sp³-hybridized carbons (Fsp3) is 0.286. The molecule has 0 spiro atoms. The highest BCUT2D eigenvalue weighted by atomic mass is 32.2. The number of aryl methyl sites for hydroxylation is 2. The van der Waals surface area contributed by atoms with Crippen molar-refractivity contribution in [2.45, 2.75) is 30.8 Å². The second-order valence-electron chi connectivity index (χ2n) is 6.56. The normalized spacial score (nSPS) is 13.2. The fourth-order valence-electron chi connectivity index (χ4n) is 3.44. The van der Waals surface area contributed by atoms with Gasteiger partial charge in [-0.05, 0) is 55.0 Å². The molecule has 1 aromatic heterocycles. The Balaban J connectivity index is 1.50. The summed E-state index contributed by atoms with van der Waals surface area (Å²) in [5.41, 5.74) is 4.36. The highest BCUT2D eigenvalue weighted by Gasteiger charge is 2.16. The van der Waals surface area contributed by atoms with Crippen molar-refractivity contribution in [3.8, 4) is 11.4 Å². The molecular formula is C21H21N3O2S. The first-order valence-electron chi connectivity index (χ1n) is 9.07. The number of carbonyl (C=O) groups excluding carboxylic acids is 1. The third-order valence-electron chi connectivity index (χ3n) is 4.86. The number of hydrogen-bond acceptors (Lipinski definition) is 5. The molecule has 0 bridgehead atoms. The number of Topliss-reactive ketones (excluding diaryl/α,β-unsaturated/α-hetero) is 1. The van der Waals surface area contributed by atoms with Gasteiger partial charge in [0.2, 0.25) is 0 Å². The van der Waals surface area contributed by atoms with Gasteiger partial charge >= 0.3 is 0 Å². The quantitative estimate of drug-likeness (QED) is 0.476. The number of nitrogens with zero attached hydrogens (tertiary/aromatic N) is 3. The van der Waals surface area contributed by atoms with Crippen molar-refractivity contribution in [3.05, 3.63) is 65.5 Å². The molecule has 1 aliphatic rings. The molecule has 0 N–H and O–H groups in total. The van der Waals surface area contributed by atoms with Crippen LogP contribution in [-0.2, 0) is 12.8 Å². The lowest BCUT2D eigenvalue weighted by Crippen LogP contribution is -2.08. The van der Waals surface area contributed by atoms with E-state index >= 15 is 0 Å². The number of aromatic nitrogens is 3. The molecule has 5 nitrogen and oxygen atoms in total. The molecule has 0 aliphatic heterocycles. The number of rotatable bonds is 6. The third-order valence-corrected chi connectivity index (χ3v) is 5.81. The van der Waals surface area contributed by atoms with E-state index in [4.69, 9.17) is 4.74 Å². The molecular weight excluding hydrogens is 358 g/mol. The van der Waals surface area contributed by atoms with E-state index in [0.29, 0.717) is 10.9 Å². The van der Waals surface area contributed by atoms with Gasteiger partial charge < -0.3 is 4.74 Å². The molecule has 0 saturated heterocycles. The average molecular weight is 379 g/mol. The van der Waals surface area contributed by atoms with Crippen molar-refractivity contribution in [1.29, 1.82) is 0 Å². The number of benzene rings is 2. The van der Waals surface area contributed by atoms with Crippen LogP contribution in [0.2, 0.25) is 0 Å². The molecule has 27 heavy (non-hydrogen) atoms. The summed E-state index contributed by atoms with van der Waals surface area (Å²) in [5.74, 6) is 1.18. The first-order valence-corrected chi connectivity index (χ1v) is 10.1. The standard InChI is InChI=1S/C21H21N3O2S/c1-26-20-9-5-4-8-18(20)24-14-22-23-21(24)27-13-19(25)17-11-10-15-6-2-3-7-16(15)12-17/h4-5,8-12,14H,2-3,6-7,13H2,1H3. The zero-order valence-corrected chi connectivity index (χ0v) is 16.0. The van der Waals surface area contributed by atoms with Crippen LogP contribution in [0.3, 0.4) is 0 Å². The van der Waals surface area contributed by atoms with Gasteiger partial charge in [-0.25, -0.2) is 0 Å². The highest BCUT2D eigenvalue weighted by Crippen LogP contribution is 2.27. The Morgan fingerprint density at radius 1 is 1.15 bits per heavy atom. The Hall–Kier alpha value is -2.60. The summed E-state index contributed by atoms with van der Waals surface area (Å²) in [4.78, 5) is 12.7. The fourth-order valence-corrected chi connectivity index (χ4v) is 4.25. The lowest BCUT2D eigenvalue weighted by atomic mass is 9.90. The van der Waals surface area contributed by atoms with Gasteiger partial charge in [0.1, 0.15) is 12.1 Å². The van der Waals surface area contributed by atoms with Crippen molar-refractivity contribution < 1.29 is 9.53 Å². The van der Waals surface area contributed by atoms with Gasteiger partial charge in [-0.3, -0.25) is 9.36 Å². The molecule has 6 heteroatoms. The number of carbonyl (C=O) groups is 1. The maximum atomic E-state index is 12.7. The predicted molar refractivity (Wildman–Crippen MR) is 106 cm³/mol. The van der Waals surface area contributed by atoms with E-state index in [1.165, 1.54) is 35.7 Å². The summed E-state index contributed by atoms with van der Waals surface area (Å²) in [5, 5.41) is 8.85. The van der Waals surface area contributed by atoms with E-state index in [9.17, 15) is 4.79 Å². The number of ketones is 1. The molecule has 138 valence electrons. The zero-order chi connectivity index (χ0) is 18.6. The number of ether oxygens (including phenoxy) is 1. The van der Waals surface area contributed by atoms with Gasteiger partial charge in [0.05, 0.1) is 18.6 Å². The number of para-hydroxylation sites is 2. The van der Waals surface area contributed by atoms with Crippen LogP contribution in [0, 0.1) is 0 Å². The second kappa shape index (κ2) is 7.96. The van der Waals surface area contributed by atoms with E-state index in [1.807, 2.05) is 34.9 Å². The molecule has 0 fully saturated rings. The molecule has 3 aromatic rings. The zero-order valence-electron chi connectivity index (χ0n) is 15.2. The highest BCUT2D eigenvalue weighted by molar-refractivity contribution is 7.99. The maximum Gasteiger partial charge on any atom is 0.196 e. The molecule has 0 saturated carbocycles. The van der Waals surface area contributed by atoms with Gasteiger partial charge in [0, 0.05) is 5.56 Å². The first-order chi connectivity index (χ1) is 13.3. The molecule has 4 rings (SSSR count). The monoisotopic (exact) mass is 379 g/mol. The summed E-state index contributed by atoms with van der Waals surface area (Å²) in [7, 11) is 1.63. The SMILES string of the molecule is COc1ccccc1-n1cnnc1SCC(=O)c1ccc2c(c1)CCCC2. The predicted octanol–water partition coefficient (Wildman–Crippen LogP) is 4.13. The van der Waals surface area contributed by atoms with Crippen molar-refractivity contribution in [2.24, 2.45) is 0 Å². The number of hydrogen-bond donors (Lipinski definition) is 0. The topological polar surface area (TPSA) is 57.0 Å². The van der Waals surface area contributed by atoms with Crippen LogP contribution in [0.4, 0.5) is 0 Å². The van der Waals surface area contributed by atoms with E-state index in [-0.39, 0.29) is 5.78 Å². The van der Waals surface area contributed by atoms with Crippen LogP contribution in [-0.4, -0.2) is 33.4 Å².